The van der Waals surface area contributed by atoms with E-state index < -0.39 is 0 Å². The average Bonchev–Trinajstić information content (AvgIpc) is 2.52. The number of hydrogen-bond donors (Lipinski definition) is 2. The van der Waals surface area contributed by atoms with Crippen molar-refractivity contribution in [2.24, 2.45) is 5.84 Å². The molecule has 2 aromatic carbocycles. The monoisotopic (exact) mass is 409 g/mol. The summed E-state index contributed by atoms with van der Waals surface area (Å²) < 4.78 is 1.02. The fourth-order valence-corrected chi connectivity index (χ4v) is 2.95. The Labute approximate surface area is 141 Å². The van der Waals surface area contributed by atoms with Crippen LogP contribution in [0.2, 0.25) is 5.02 Å². The third-order valence-electron chi connectivity index (χ3n) is 3.45. The molecule has 0 radical (unpaired) electrons. The molecule has 0 amide bonds. The van der Waals surface area contributed by atoms with Crippen molar-refractivity contribution in [3.63, 3.8) is 0 Å². The molecule has 3 N–H and O–H groups in total. The summed E-state index contributed by atoms with van der Waals surface area (Å²) in [6.07, 6.45) is 3.70. The van der Waals surface area contributed by atoms with Gasteiger partial charge in [0.25, 0.3) is 0 Å². The van der Waals surface area contributed by atoms with Crippen LogP contribution in [0.1, 0.15) is 17.2 Å². The van der Waals surface area contributed by atoms with E-state index in [9.17, 15) is 0 Å². The van der Waals surface area contributed by atoms with Crippen molar-refractivity contribution in [1.29, 1.82) is 0 Å². The zero-order valence-electron chi connectivity index (χ0n) is 11.1. The number of halogens is 2. The molecule has 0 fully saturated rings. The lowest BCUT2D eigenvalue weighted by atomic mass is 9.96. The number of nitrogens with one attached hydrogen (secondary N) is 1. The van der Waals surface area contributed by atoms with E-state index in [-0.39, 0.29) is 6.04 Å². The van der Waals surface area contributed by atoms with Gasteiger partial charge < -0.3 is 0 Å². The first-order valence-corrected chi connectivity index (χ1v) is 7.90. The summed E-state index contributed by atoms with van der Waals surface area (Å²) in [4.78, 5) is 4.32. The molecular weight excluding hydrogens is 397 g/mol. The molecular formula is C16H13ClIN3. The summed E-state index contributed by atoms with van der Waals surface area (Å²) >= 11 is 8.44. The number of aromatic nitrogens is 1. The summed E-state index contributed by atoms with van der Waals surface area (Å²) in [6, 6.07) is 13.9. The Morgan fingerprint density at radius 2 is 1.95 bits per heavy atom. The normalized spacial score (nSPS) is 12.5. The summed E-state index contributed by atoms with van der Waals surface area (Å²) in [5.41, 5.74) is 4.92. The second-order valence-corrected chi connectivity index (χ2v) is 6.29. The summed E-state index contributed by atoms with van der Waals surface area (Å²) in [5, 5.41) is 2.94. The lowest BCUT2D eigenvalue weighted by Crippen LogP contribution is -2.29. The number of nitrogens with two attached hydrogens (primary N) is 1. The maximum absolute atomic E-state index is 6.23. The number of hydrogen-bond acceptors (Lipinski definition) is 3. The number of pyridine rings is 1. The van der Waals surface area contributed by atoms with Crippen LogP contribution in [0, 0.1) is 3.57 Å². The topological polar surface area (TPSA) is 50.9 Å². The van der Waals surface area contributed by atoms with Gasteiger partial charge in [0, 0.05) is 26.9 Å². The van der Waals surface area contributed by atoms with Gasteiger partial charge in [0.05, 0.1) is 11.1 Å². The Morgan fingerprint density at radius 3 is 2.71 bits per heavy atom. The first-order chi connectivity index (χ1) is 10.2. The smallest absolute Gasteiger partial charge is 0.0731 e. The highest BCUT2D eigenvalue weighted by atomic mass is 127. The highest BCUT2D eigenvalue weighted by Crippen LogP contribution is 2.30. The highest BCUT2D eigenvalue weighted by molar-refractivity contribution is 14.1. The fraction of sp³-hybridized carbons (Fsp3) is 0.0625. The van der Waals surface area contributed by atoms with Crippen molar-refractivity contribution >= 4 is 45.0 Å². The van der Waals surface area contributed by atoms with Gasteiger partial charge in [-0.1, -0.05) is 41.9 Å². The molecule has 3 nitrogen and oxygen atoms in total. The van der Waals surface area contributed by atoms with Crippen molar-refractivity contribution in [3.05, 3.63) is 74.6 Å². The molecule has 1 heterocycles. The number of hydrazine groups is 1. The molecule has 21 heavy (non-hydrogen) atoms. The molecule has 0 bridgehead atoms. The van der Waals surface area contributed by atoms with Gasteiger partial charge in [-0.15, -0.1) is 0 Å². The lowest BCUT2D eigenvalue weighted by molar-refractivity contribution is 0.639. The average molecular weight is 410 g/mol. The first-order valence-electron chi connectivity index (χ1n) is 6.44. The Kier molecular flexibility index (Phi) is 4.40. The van der Waals surface area contributed by atoms with Crippen LogP contribution >= 0.6 is 34.2 Å². The van der Waals surface area contributed by atoms with Gasteiger partial charge in [0.1, 0.15) is 0 Å². The van der Waals surface area contributed by atoms with Crippen LogP contribution < -0.4 is 11.3 Å². The Bertz CT molecular complexity index is 786. The van der Waals surface area contributed by atoms with E-state index in [2.05, 4.69) is 39.1 Å². The van der Waals surface area contributed by atoms with Crippen LogP contribution in [0.4, 0.5) is 0 Å². The predicted molar refractivity (Wildman–Crippen MR) is 95.1 cm³/mol. The highest BCUT2D eigenvalue weighted by Gasteiger charge is 2.16. The minimum atomic E-state index is -0.155. The van der Waals surface area contributed by atoms with Gasteiger partial charge in [0.15, 0.2) is 0 Å². The molecule has 0 aliphatic carbocycles. The van der Waals surface area contributed by atoms with E-state index in [4.69, 9.17) is 17.4 Å². The van der Waals surface area contributed by atoms with Gasteiger partial charge in [-0.2, -0.15) is 0 Å². The third-order valence-corrected chi connectivity index (χ3v) is 5.03. The molecule has 0 saturated carbocycles. The molecule has 1 atom stereocenters. The SMILES string of the molecule is NNC(c1ccc(I)c(Cl)c1)c1cncc2ccccc12. The second kappa shape index (κ2) is 6.27. The lowest BCUT2D eigenvalue weighted by Gasteiger charge is -2.19. The zero-order valence-corrected chi connectivity index (χ0v) is 14.0. The van der Waals surface area contributed by atoms with Gasteiger partial charge in [0.2, 0.25) is 0 Å². The van der Waals surface area contributed by atoms with Gasteiger partial charge in [-0.05, 0) is 45.7 Å². The Morgan fingerprint density at radius 1 is 1.14 bits per heavy atom. The largest absolute Gasteiger partial charge is 0.271 e. The maximum Gasteiger partial charge on any atom is 0.0731 e. The van der Waals surface area contributed by atoms with E-state index in [1.165, 1.54) is 0 Å². The minimum absolute atomic E-state index is 0.155. The third kappa shape index (κ3) is 2.89. The van der Waals surface area contributed by atoms with Crippen LogP contribution in [0.25, 0.3) is 10.8 Å². The first kappa shape index (κ1) is 14.7. The van der Waals surface area contributed by atoms with Crippen LogP contribution in [0.3, 0.4) is 0 Å². The molecule has 0 aliphatic heterocycles. The Hall–Kier alpha value is -1.21. The van der Waals surface area contributed by atoms with Crippen molar-refractivity contribution in [2.45, 2.75) is 6.04 Å². The molecule has 106 valence electrons. The van der Waals surface area contributed by atoms with Crippen LogP contribution in [-0.2, 0) is 0 Å². The number of benzene rings is 2. The van der Waals surface area contributed by atoms with Crippen molar-refractivity contribution < 1.29 is 0 Å². The van der Waals surface area contributed by atoms with Crippen molar-refractivity contribution in [2.75, 3.05) is 0 Å². The van der Waals surface area contributed by atoms with E-state index in [0.717, 1.165) is 30.5 Å². The van der Waals surface area contributed by atoms with Gasteiger partial charge >= 0.3 is 0 Å². The molecule has 0 saturated heterocycles. The van der Waals surface area contributed by atoms with E-state index in [0.29, 0.717) is 0 Å². The molecule has 1 unspecified atom stereocenters. The molecule has 0 spiro atoms. The maximum atomic E-state index is 6.23. The number of rotatable bonds is 3. The summed E-state index contributed by atoms with van der Waals surface area (Å²) in [6.45, 7) is 0. The minimum Gasteiger partial charge on any atom is -0.271 e. The molecule has 3 rings (SSSR count). The van der Waals surface area contributed by atoms with Crippen LogP contribution in [0.15, 0.2) is 54.9 Å². The van der Waals surface area contributed by atoms with E-state index in [1.807, 2.05) is 48.8 Å². The van der Waals surface area contributed by atoms with Crippen LogP contribution in [-0.4, -0.2) is 4.98 Å². The summed E-state index contributed by atoms with van der Waals surface area (Å²) in [5.74, 6) is 5.79. The quantitative estimate of drug-likeness (QED) is 0.390. The second-order valence-electron chi connectivity index (χ2n) is 4.72. The molecule has 0 aliphatic rings. The van der Waals surface area contributed by atoms with Gasteiger partial charge in [-0.3, -0.25) is 10.8 Å². The Balaban J connectivity index is 2.16. The van der Waals surface area contributed by atoms with Crippen molar-refractivity contribution in [3.8, 4) is 0 Å². The summed E-state index contributed by atoms with van der Waals surface area (Å²) in [7, 11) is 0. The predicted octanol–water partition coefficient (Wildman–Crippen LogP) is 4.05. The molecule has 3 aromatic rings. The van der Waals surface area contributed by atoms with E-state index >= 15 is 0 Å². The zero-order chi connectivity index (χ0) is 14.8. The van der Waals surface area contributed by atoms with E-state index in [1.54, 1.807) is 0 Å². The fourth-order valence-electron chi connectivity index (χ4n) is 2.43. The standard InChI is InChI=1S/C16H13ClIN3/c17-14-7-10(5-6-15(14)18)16(21-19)13-9-20-8-11-3-1-2-4-12(11)13/h1-9,16,21H,19H2. The van der Waals surface area contributed by atoms with Crippen LogP contribution in [0.5, 0.6) is 0 Å². The molecule has 1 aromatic heterocycles. The van der Waals surface area contributed by atoms with Gasteiger partial charge in [-0.25, -0.2) is 5.43 Å². The molecule has 5 heteroatoms. The number of nitrogens with zero attached hydrogens (tertiary/aromatic N) is 1. The number of fused-ring (bicyclic) bond motifs is 1. The van der Waals surface area contributed by atoms with Crippen molar-refractivity contribution in [1.82, 2.24) is 10.4 Å².